The Hall–Kier alpha value is -2.33. The van der Waals surface area contributed by atoms with E-state index in [9.17, 15) is 4.39 Å². The number of aliphatic hydroxyl groups excluding tert-OH is 1. The van der Waals surface area contributed by atoms with Gasteiger partial charge < -0.3 is 20.9 Å². The number of aromatic nitrogens is 3. The minimum atomic E-state index is -0.558. The number of pyridine rings is 1. The fourth-order valence-corrected chi connectivity index (χ4v) is 3.99. The highest BCUT2D eigenvalue weighted by Crippen LogP contribution is 2.37. The summed E-state index contributed by atoms with van der Waals surface area (Å²) in [5.74, 6) is 0.225. The predicted octanol–water partition coefficient (Wildman–Crippen LogP) is 4.28. The molecule has 0 fully saturated rings. The van der Waals surface area contributed by atoms with Crippen molar-refractivity contribution in [3.63, 3.8) is 0 Å². The van der Waals surface area contributed by atoms with Gasteiger partial charge in [0.15, 0.2) is 11.6 Å². The Morgan fingerprint density at radius 2 is 1.97 bits per heavy atom. The molecule has 1 unspecified atom stereocenters. The number of hydrogen-bond donors (Lipinski definition) is 3. The molecule has 0 amide bonds. The molecule has 0 saturated carbocycles. The van der Waals surface area contributed by atoms with Crippen molar-refractivity contribution in [1.29, 1.82) is 0 Å². The molecule has 10 heteroatoms. The third kappa shape index (κ3) is 6.10. The topological polar surface area (TPSA) is 106 Å². The molecule has 0 saturated heterocycles. The minimum Gasteiger partial charge on any atom is -0.490 e. The predicted molar refractivity (Wildman–Crippen MR) is 122 cm³/mol. The van der Waals surface area contributed by atoms with Gasteiger partial charge in [0.25, 0.3) is 0 Å². The van der Waals surface area contributed by atoms with Crippen LogP contribution in [0.1, 0.15) is 26.0 Å². The Morgan fingerprint density at radius 3 is 2.68 bits per heavy atom. The number of aryl methyl sites for hydroxylation is 1. The normalized spacial score (nSPS) is 12.3. The Morgan fingerprint density at radius 1 is 1.23 bits per heavy atom. The maximum atomic E-state index is 14.6. The second-order valence-corrected chi connectivity index (χ2v) is 8.82. The van der Waals surface area contributed by atoms with E-state index in [2.05, 4.69) is 20.5 Å². The molecule has 2 aromatic heterocycles. The van der Waals surface area contributed by atoms with Crippen LogP contribution in [0.4, 0.5) is 10.2 Å². The quantitative estimate of drug-likeness (QED) is 0.433. The second kappa shape index (κ2) is 10.3. The fourth-order valence-electron chi connectivity index (χ4n) is 2.83. The van der Waals surface area contributed by atoms with Crippen molar-refractivity contribution in [2.75, 3.05) is 18.5 Å². The number of halogens is 2. The van der Waals surface area contributed by atoms with Crippen LogP contribution in [0.5, 0.6) is 5.75 Å². The van der Waals surface area contributed by atoms with Gasteiger partial charge in [-0.15, -0.1) is 10.2 Å². The number of benzene rings is 1. The van der Waals surface area contributed by atoms with Crippen LogP contribution >= 0.6 is 22.9 Å². The van der Waals surface area contributed by atoms with E-state index in [1.165, 1.54) is 23.5 Å². The molecule has 0 radical (unpaired) electrons. The van der Waals surface area contributed by atoms with Gasteiger partial charge in [-0.2, -0.15) is 0 Å². The zero-order chi connectivity index (χ0) is 22.5. The number of aliphatic hydroxyl groups is 1. The van der Waals surface area contributed by atoms with Crippen molar-refractivity contribution >= 4 is 28.8 Å². The molecule has 166 valence electrons. The van der Waals surface area contributed by atoms with E-state index in [4.69, 9.17) is 27.2 Å². The number of ether oxygens (including phenoxy) is 1. The Bertz CT molecular complexity index is 1050. The molecular formula is C21H25ClFN5O2S. The van der Waals surface area contributed by atoms with Gasteiger partial charge in [-0.25, -0.2) is 9.37 Å². The van der Waals surface area contributed by atoms with Crippen molar-refractivity contribution in [3.8, 4) is 26.9 Å². The lowest BCUT2D eigenvalue weighted by Crippen LogP contribution is -2.26. The third-order valence-electron chi connectivity index (χ3n) is 4.29. The highest BCUT2D eigenvalue weighted by atomic mass is 35.5. The highest BCUT2D eigenvalue weighted by molar-refractivity contribution is 7.18. The van der Waals surface area contributed by atoms with Gasteiger partial charge in [0, 0.05) is 35.0 Å². The van der Waals surface area contributed by atoms with E-state index >= 15 is 0 Å². The average Bonchev–Trinajstić information content (AvgIpc) is 3.19. The van der Waals surface area contributed by atoms with Gasteiger partial charge in [0.2, 0.25) is 0 Å². The maximum Gasteiger partial charge on any atom is 0.165 e. The first kappa shape index (κ1) is 23.3. The number of nitrogens with one attached hydrogen (secondary N) is 1. The van der Waals surface area contributed by atoms with Gasteiger partial charge in [-0.3, -0.25) is 0 Å². The molecule has 1 atom stereocenters. The largest absolute Gasteiger partial charge is 0.490 e. The molecule has 0 aliphatic heterocycles. The monoisotopic (exact) mass is 465 g/mol. The number of hydrogen-bond acceptors (Lipinski definition) is 8. The first-order chi connectivity index (χ1) is 14.8. The summed E-state index contributed by atoms with van der Waals surface area (Å²) >= 11 is 7.69. The van der Waals surface area contributed by atoms with Crippen LogP contribution in [0.15, 0.2) is 24.3 Å². The van der Waals surface area contributed by atoms with Crippen LogP contribution in [0.2, 0.25) is 5.02 Å². The molecule has 1 aromatic carbocycles. The smallest absolute Gasteiger partial charge is 0.165 e. The Labute approximate surface area is 189 Å². The average molecular weight is 466 g/mol. The summed E-state index contributed by atoms with van der Waals surface area (Å²) in [5, 5.41) is 22.2. The molecule has 0 bridgehead atoms. The Kier molecular flexibility index (Phi) is 7.77. The van der Waals surface area contributed by atoms with Crippen molar-refractivity contribution in [2.24, 2.45) is 5.73 Å². The molecule has 31 heavy (non-hydrogen) atoms. The van der Waals surface area contributed by atoms with Gasteiger partial charge >= 0.3 is 0 Å². The van der Waals surface area contributed by atoms with E-state index in [0.717, 1.165) is 17.1 Å². The van der Waals surface area contributed by atoms with Gasteiger partial charge in [-0.05, 0) is 45.4 Å². The summed E-state index contributed by atoms with van der Waals surface area (Å²) in [7, 11) is 0. The zero-order valence-electron chi connectivity index (χ0n) is 17.5. The lowest BCUT2D eigenvalue weighted by atomic mass is 10.2. The van der Waals surface area contributed by atoms with E-state index in [0.29, 0.717) is 27.0 Å². The fraction of sp³-hybridized carbons (Fsp3) is 0.381. The van der Waals surface area contributed by atoms with Gasteiger partial charge in [0.1, 0.15) is 15.8 Å². The lowest BCUT2D eigenvalue weighted by molar-refractivity contribution is 0.227. The number of rotatable bonds is 9. The minimum absolute atomic E-state index is 0.0257. The summed E-state index contributed by atoms with van der Waals surface area (Å²) in [6, 6.07) is 6.37. The number of nitrogens with two attached hydrogens (primary N) is 1. The summed E-state index contributed by atoms with van der Waals surface area (Å²) in [4.78, 5) is 4.48. The van der Waals surface area contributed by atoms with Crippen molar-refractivity contribution in [3.05, 3.63) is 40.8 Å². The molecule has 0 spiro atoms. The third-order valence-corrected chi connectivity index (χ3v) is 5.61. The van der Waals surface area contributed by atoms with Gasteiger partial charge in [-0.1, -0.05) is 22.9 Å². The van der Waals surface area contributed by atoms with E-state index in [1.807, 2.05) is 32.9 Å². The van der Waals surface area contributed by atoms with E-state index in [-0.39, 0.29) is 25.0 Å². The van der Waals surface area contributed by atoms with E-state index in [1.54, 1.807) is 0 Å². The lowest BCUT2D eigenvalue weighted by Gasteiger charge is -2.11. The van der Waals surface area contributed by atoms with Crippen LogP contribution in [0.3, 0.4) is 0 Å². The number of nitrogens with zero attached hydrogens (tertiary/aromatic N) is 3. The molecule has 7 nitrogen and oxygen atoms in total. The second-order valence-electron chi connectivity index (χ2n) is 7.44. The maximum absolute atomic E-state index is 14.6. The Balaban J connectivity index is 1.82. The summed E-state index contributed by atoms with van der Waals surface area (Å²) in [6.45, 7) is 6.01. The summed E-state index contributed by atoms with van der Waals surface area (Å²) in [6.07, 6.45) is 0.397. The van der Waals surface area contributed by atoms with Crippen LogP contribution in [-0.4, -0.2) is 45.6 Å². The van der Waals surface area contributed by atoms with Crippen molar-refractivity contribution in [2.45, 2.75) is 39.3 Å². The molecule has 2 heterocycles. The van der Waals surface area contributed by atoms with Crippen molar-refractivity contribution in [1.82, 2.24) is 15.2 Å². The first-order valence-corrected chi connectivity index (χ1v) is 11.0. The summed E-state index contributed by atoms with van der Waals surface area (Å²) in [5.41, 5.74) is 7.79. The van der Waals surface area contributed by atoms with Crippen LogP contribution in [-0.2, 0) is 0 Å². The molecular weight excluding hydrogens is 441 g/mol. The highest BCUT2D eigenvalue weighted by Gasteiger charge is 2.17. The van der Waals surface area contributed by atoms with Crippen LogP contribution < -0.4 is 15.8 Å². The molecule has 3 aromatic rings. The summed E-state index contributed by atoms with van der Waals surface area (Å²) < 4.78 is 20.0. The molecule has 0 aliphatic rings. The SMILES string of the molecule is Cc1cc(-c2nnc(-c3cc(F)c(OCCC(N)CO)cc3Cl)s2)cc(NC(C)C)n1. The number of anilines is 1. The van der Waals surface area contributed by atoms with Crippen LogP contribution in [0.25, 0.3) is 21.1 Å². The van der Waals surface area contributed by atoms with E-state index < -0.39 is 11.9 Å². The molecule has 3 rings (SSSR count). The van der Waals surface area contributed by atoms with Gasteiger partial charge in [0.05, 0.1) is 18.2 Å². The standard InChI is InChI=1S/C21H25ClFN5O2S/c1-11(2)25-19-7-13(6-12(3)26-19)20-27-28-21(31-20)15-8-17(23)18(9-16(15)22)30-5-4-14(24)10-29/h6-9,11,14,29H,4-5,10,24H2,1-3H3,(H,25,26). The first-order valence-electron chi connectivity index (χ1n) is 9.84. The van der Waals surface area contributed by atoms with Crippen molar-refractivity contribution < 1.29 is 14.2 Å². The van der Waals surface area contributed by atoms with Crippen LogP contribution in [0, 0.1) is 12.7 Å². The molecule has 0 aliphatic carbocycles. The zero-order valence-corrected chi connectivity index (χ0v) is 19.1. The molecule has 4 N–H and O–H groups in total.